The van der Waals surface area contributed by atoms with Crippen molar-refractivity contribution in [2.75, 3.05) is 5.75 Å². The molecule has 0 heterocycles. The number of hydrogen-bond acceptors (Lipinski definition) is 1. The van der Waals surface area contributed by atoms with Gasteiger partial charge >= 0.3 is 0 Å². The minimum atomic E-state index is 0.980. The summed E-state index contributed by atoms with van der Waals surface area (Å²) in [7, 11) is 0. The Morgan fingerprint density at radius 1 is 1.17 bits per heavy atom. The first kappa shape index (κ1) is 9.66. The van der Waals surface area contributed by atoms with Crippen LogP contribution in [0.5, 0.6) is 0 Å². The second-order valence-corrected chi connectivity index (χ2v) is 3.64. The van der Waals surface area contributed by atoms with Crippen molar-refractivity contribution < 1.29 is 0 Å². The lowest BCUT2D eigenvalue weighted by Crippen LogP contribution is -1.93. The zero-order valence-corrected chi connectivity index (χ0v) is 8.70. The minimum Gasteiger partial charge on any atom is -0.179 e. The van der Waals surface area contributed by atoms with Crippen molar-refractivity contribution in [3.8, 4) is 0 Å². The molecule has 0 aliphatic heterocycles. The standard InChI is InChI=1S/C11H16S/c1-9-5-3-6-10(2)11(9)7-4-8-12/h3,5-6,12H,4,7-8H2,1-2H3. The van der Waals surface area contributed by atoms with Gasteiger partial charge in [-0.2, -0.15) is 12.6 Å². The van der Waals surface area contributed by atoms with Crippen molar-refractivity contribution in [1.82, 2.24) is 0 Å². The van der Waals surface area contributed by atoms with E-state index in [1.165, 1.54) is 29.5 Å². The van der Waals surface area contributed by atoms with Crippen LogP contribution in [-0.2, 0) is 6.42 Å². The summed E-state index contributed by atoms with van der Waals surface area (Å²) in [5, 5.41) is 0. The third-order valence-electron chi connectivity index (χ3n) is 2.23. The second-order valence-electron chi connectivity index (χ2n) is 3.20. The Morgan fingerprint density at radius 3 is 2.25 bits per heavy atom. The van der Waals surface area contributed by atoms with E-state index in [2.05, 4.69) is 44.7 Å². The maximum Gasteiger partial charge on any atom is -0.00947 e. The predicted molar refractivity (Wildman–Crippen MR) is 58.1 cm³/mol. The van der Waals surface area contributed by atoms with Crippen LogP contribution < -0.4 is 0 Å². The number of hydrogen-bond donors (Lipinski definition) is 1. The molecule has 0 saturated carbocycles. The van der Waals surface area contributed by atoms with Crippen LogP contribution in [0.4, 0.5) is 0 Å². The summed E-state index contributed by atoms with van der Waals surface area (Å²) < 4.78 is 0. The molecule has 12 heavy (non-hydrogen) atoms. The molecular formula is C11H16S. The Morgan fingerprint density at radius 2 is 1.75 bits per heavy atom. The molecule has 1 aromatic carbocycles. The van der Waals surface area contributed by atoms with Gasteiger partial charge in [-0.25, -0.2) is 0 Å². The summed E-state index contributed by atoms with van der Waals surface area (Å²) in [6, 6.07) is 6.48. The summed E-state index contributed by atoms with van der Waals surface area (Å²) in [5.74, 6) is 0.980. The molecule has 0 nitrogen and oxygen atoms in total. The molecule has 1 aromatic rings. The van der Waals surface area contributed by atoms with Crippen LogP contribution in [0.1, 0.15) is 23.1 Å². The van der Waals surface area contributed by atoms with Gasteiger partial charge < -0.3 is 0 Å². The normalized spacial score (nSPS) is 10.2. The summed E-state index contributed by atoms with van der Waals surface area (Å²) >= 11 is 4.22. The molecule has 0 radical (unpaired) electrons. The third-order valence-corrected chi connectivity index (χ3v) is 2.55. The third kappa shape index (κ3) is 2.28. The van der Waals surface area contributed by atoms with Gasteiger partial charge in [0.2, 0.25) is 0 Å². The van der Waals surface area contributed by atoms with E-state index >= 15 is 0 Å². The van der Waals surface area contributed by atoms with E-state index in [0.29, 0.717) is 0 Å². The highest BCUT2D eigenvalue weighted by Crippen LogP contribution is 2.15. The smallest absolute Gasteiger partial charge is 0.00947 e. The Bertz CT molecular complexity index is 233. The molecular weight excluding hydrogens is 164 g/mol. The molecule has 66 valence electrons. The van der Waals surface area contributed by atoms with E-state index in [9.17, 15) is 0 Å². The highest BCUT2D eigenvalue weighted by Gasteiger charge is 1.99. The Balaban J connectivity index is 2.81. The molecule has 0 amide bonds. The van der Waals surface area contributed by atoms with Gasteiger partial charge in [-0.3, -0.25) is 0 Å². The van der Waals surface area contributed by atoms with E-state index in [-0.39, 0.29) is 0 Å². The fraction of sp³-hybridized carbons (Fsp3) is 0.455. The fourth-order valence-electron chi connectivity index (χ4n) is 1.50. The van der Waals surface area contributed by atoms with Crippen molar-refractivity contribution in [2.24, 2.45) is 0 Å². The summed E-state index contributed by atoms with van der Waals surface area (Å²) in [5.41, 5.74) is 4.33. The monoisotopic (exact) mass is 180 g/mol. The largest absolute Gasteiger partial charge is 0.179 e. The summed E-state index contributed by atoms with van der Waals surface area (Å²) in [6.45, 7) is 4.36. The highest BCUT2D eigenvalue weighted by molar-refractivity contribution is 7.80. The van der Waals surface area contributed by atoms with Crippen molar-refractivity contribution in [3.63, 3.8) is 0 Å². The Hall–Kier alpha value is -0.430. The molecule has 0 aromatic heterocycles. The Labute approximate surface area is 80.4 Å². The number of benzene rings is 1. The van der Waals surface area contributed by atoms with E-state index in [4.69, 9.17) is 0 Å². The van der Waals surface area contributed by atoms with Crippen LogP contribution in [0.15, 0.2) is 18.2 Å². The lowest BCUT2D eigenvalue weighted by Gasteiger charge is -2.07. The van der Waals surface area contributed by atoms with Crippen LogP contribution in [-0.4, -0.2) is 5.75 Å². The van der Waals surface area contributed by atoms with Crippen LogP contribution in [0.3, 0.4) is 0 Å². The van der Waals surface area contributed by atoms with E-state index < -0.39 is 0 Å². The first-order valence-corrected chi connectivity index (χ1v) is 5.05. The molecule has 0 bridgehead atoms. The highest BCUT2D eigenvalue weighted by atomic mass is 32.1. The second kappa shape index (κ2) is 4.56. The van der Waals surface area contributed by atoms with Gasteiger partial charge in [0.05, 0.1) is 0 Å². The molecule has 0 unspecified atom stereocenters. The maximum absolute atomic E-state index is 4.22. The molecule has 1 heteroatoms. The molecule has 0 N–H and O–H groups in total. The molecule has 1 rings (SSSR count). The van der Waals surface area contributed by atoms with Gasteiger partial charge in [0.1, 0.15) is 0 Å². The summed E-state index contributed by atoms with van der Waals surface area (Å²) in [4.78, 5) is 0. The zero-order chi connectivity index (χ0) is 8.97. The fourth-order valence-corrected chi connectivity index (χ4v) is 1.66. The molecule has 0 fully saturated rings. The predicted octanol–water partition coefficient (Wildman–Crippen LogP) is 3.17. The van der Waals surface area contributed by atoms with Crippen LogP contribution in [0, 0.1) is 13.8 Å². The Kier molecular flexibility index (Phi) is 3.67. The minimum absolute atomic E-state index is 0.980. The van der Waals surface area contributed by atoms with Gasteiger partial charge in [0.15, 0.2) is 0 Å². The molecule has 0 aliphatic carbocycles. The SMILES string of the molecule is Cc1cccc(C)c1CCCS. The molecule has 0 aliphatic rings. The average Bonchev–Trinajstić information content (AvgIpc) is 2.04. The van der Waals surface area contributed by atoms with Gasteiger partial charge in [-0.1, -0.05) is 18.2 Å². The molecule has 0 saturated heterocycles. The molecule has 0 atom stereocenters. The van der Waals surface area contributed by atoms with E-state index in [1.807, 2.05) is 0 Å². The number of aryl methyl sites for hydroxylation is 2. The van der Waals surface area contributed by atoms with Gasteiger partial charge in [0, 0.05) is 0 Å². The van der Waals surface area contributed by atoms with Crippen molar-refractivity contribution in [3.05, 3.63) is 34.9 Å². The van der Waals surface area contributed by atoms with Crippen molar-refractivity contribution in [2.45, 2.75) is 26.7 Å². The van der Waals surface area contributed by atoms with Gasteiger partial charge in [0.25, 0.3) is 0 Å². The average molecular weight is 180 g/mol. The van der Waals surface area contributed by atoms with Crippen molar-refractivity contribution in [1.29, 1.82) is 0 Å². The lowest BCUT2D eigenvalue weighted by molar-refractivity contribution is 0.916. The van der Waals surface area contributed by atoms with Crippen LogP contribution in [0.2, 0.25) is 0 Å². The first-order chi connectivity index (χ1) is 5.75. The van der Waals surface area contributed by atoms with Gasteiger partial charge in [-0.15, -0.1) is 0 Å². The molecule has 0 spiro atoms. The summed E-state index contributed by atoms with van der Waals surface area (Å²) in [6.07, 6.45) is 2.34. The van der Waals surface area contributed by atoms with E-state index in [0.717, 1.165) is 5.75 Å². The number of rotatable bonds is 3. The van der Waals surface area contributed by atoms with Gasteiger partial charge in [-0.05, 0) is 49.1 Å². The first-order valence-electron chi connectivity index (χ1n) is 4.41. The van der Waals surface area contributed by atoms with Crippen LogP contribution in [0.25, 0.3) is 0 Å². The maximum atomic E-state index is 4.22. The zero-order valence-electron chi connectivity index (χ0n) is 7.80. The van der Waals surface area contributed by atoms with Crippen molar-refractivity contribution >= 4 is 12.6 Å². The van der Waals surface area contributed by atoms with E-state index in [1.54, 1.807) is 0 Å². The number of thiol groups is 1. The van der Waals surface area contributed by atoms with Crippen LogP contribution >= 0.6 is 12.6 Å². The lowest BCUT2D eigenvalue weighted by atomic mass is 9.99. The quantitative estimate of drug-likeness (QED) is 0.679. The topological polar surface area (TPSA) is 0 Å².